The molecule has 4 aromatic rings. The predicted molar refractivity (Wildman–Crippen MR) is 202 cm³/mol. The molecule has 0 atom stereocenters. The average Bonchev–Trinajstić information content (AvgIpc) is 3.70. The van der Waals surface area contributed by atoms with Gasteiger partial charge < -0.3 is 0 Å². The normalized spacial score (nSPS) is 17.5. The van der Waals surface area contributed by atoms with Crippen LogP contribution < -0.4 is 10.4 Å². The number of hydrogen-bond acceptors (Lipinski definition) is 4. The number of hydrogen-bond donors (Lipinski definition) is 0. The smallest absolute Gasteiger partial charge is 0.209 e. The summed E-state index contributed by atoms with van der Waals surface area (Å²) in [5, 5.41) is 3.37. The third kappa shape index (κ3) is 4.04. The number of sulfone groups is 2. The van der Waals surface area contributed by atoms with E-state index in [1.807, 2.05) is 30.3 Å². The van der Waals surface area contributed by atoms with Crippen molar-refractivity contribution in [2.75, 3.05) is 0 Å². The molecular weight excluding hydrogens is 661 g/mol. The van der Waals surface area contributed by atoms with E-state index in [-0.39, 0.29) is 4.91 Å². The molecule has 0 N–H and O–H groups in total. The van der Waals surface area contributed by atoms with Crippen LogP contribution in [-0.2, 0) is 19.7 Å². The van der Waals surface area contributed by atoms with Crippen LogP contribution in [0.15, 0.2) is 92.4 Å². The lowest BCUT2D eigenvalue weighted by Gasteiger charge is -2.38. The summed E-state index contributed by atoms with van der Waals surface area (Å²) in [6, 6.07) is 22.6. The number of rotatable bonds is 3. The van der Waals surface area contributed by atoms with Gasteiger partial charge in [-0.25, -0.2) is 16.8 Å². The van der Waals surface area contributed by atoms with E-state index >= 15 is 0 Å². The maximum atomic E-state index is 14.3. The molecule has 2 heterocycles. The van der Waals surface area contributed by atoms with Crippen molar-refractivity contribution in [3.63, 3.8) is 0 Å². The molecule has 0 radical (unpaired) electrons. The second kappa shape index (κ2) is 10.5. The maximum Gasteiger partial charge on any atom is 0.209 e. The van der Waals surface area contributed by atoms with E-state index in [4.69, 9.17) is 0 Å². The second-order valence-electron chi connectivity index (χ2n) is 14.3. The molecular formula is C42H36O4S2Si. The van der Waals surface area contributed by atoms with Crippen LogP contribution in [0.1, 0.15) is 70.7 Å². The zero-order valence-electron chi connectivity index (χ0n) is 28.6. The summed E-state index contributed by atoms with van der Waals surface area (Å²) in [6.07, 6.45) is 0. The Labute approximate surface area is 289 Å². The molecule has 244 valence electrons. The summed E-state index contributed by atoms with van der Waals surface area (Å²) in [5.41, 5.74) is 10.5. The van der Waals surface area contributed by atoms with Crippen LogP contribution in [0, 0.1) is 23.3 Å². The third-order valence-corrected chi connectivity index (χ3v) is 21.1. The van der Waals surface area contributed by atoms with Gasteiger partial charge in [0, 0.05) is 22.3 Å². The lowest BCUT2D eigenvalue weighted by Crippen LogP contribution is -2.43. The molecule has 4 aliphatic rings. The van der Waals surface area contributed by atoms with Crippen LogP contribution in [0.25, 0.3) is 33.1 Å². The molecule has 0 saturated carbocycles. The van der Waals surface area contributed by atoms with E-state index in [9.17, 15) is 16.8 Å². The Morgan fingerprint density at radius 3 is 1.37 bits per heavy atom. The van der Waals surface area contributed by atoms with Gasteiger partial charge in [0.05, 0.1) is 30.7 Å². The van der Waals surface area contributed by atoms with Crippen molar-refractivity contribution in [2.45, 2.75) is 74.9 Å². The standard InChI is InChI=1S/C42H36O4S2Si/c1-8-13-29-33-20-27-23-36-34(21-28(27)22-35(33)39-31-14-9-11-16-37(31)47(43,44)41(29)39)30(18-19-49(24(2)3,25(4)5)26(6)7)42-40(36)32-15-10-12-17-38(32)48(42,45)46/h9-12,14-17,20-26H,1-7H3. The minimum absolute atomic E-state index is 0.275. The molecule has 49 heavy (non-hydrogen) atoms. The minimum Gasteiger partial charge on any atom is -0.218 e. The van der Waals surface area contributed by atoms with Gasteiger partial charge in [-0.05, 0) is 92.3 Å². The third-order valence-electron chi connectivity index (χ3n) is 11.0. The van der Waals surface area contributed by atoms with E-state index in [0.29, 0.717) is 64.7 Å². The van der Waals surface area contributed by atoms with Crippen LogP contribution >= 0.6 is 0 Å². The highest BCUT2D eigenvalue weighted by atomic mass is 32.2. The summed E-state index contributed by atoms with van der Waals surface area (Å²) in [6.45, 7) is 15.3. The zero-order chi connectivity index (χ0) is 34.8. The number of benzene rings is 4. The van der Waals surface area contributed by atoms with Gasteiger partial charge in [-0.1, -0.05) is 89.8 Å². The Kier molecular flexibility index (Phi) is 6.85. The van der Waals surface area contributed by atoms with Gasteiger partial charge in [0.2, 0.25) is 19.7 Å². The van der Waals surface area contributed by atoms with Crippen LogP contribution in [0.2, 0.25) is 16.6 Å². The van der Waals surface area contributed by atoms with Crippen molar-refractivity contribution in [3.8, 4) is 23.3 Å². The molecule has 0 bridgehead atoms. The monoisotopic (exact) mass is 696 g/mol. The first-order chi connectivity index (χ1) is 23.3. The van der Waals surface area contributed by atoms with Crippen LogP contribution in [0.5, 0.6) is 0 Å². The van der Waals surface area contributed by atoms with Crippen molar-refractivity contribution in [1.82, 2.24) is 0 Å². The van der Waals surface area contributed by atoms with E-state index < -0.39 is 27.7 Å². The summed E-state index contributed by atoms with van der Waals surface area (Å²) < 4.78 is 56.4. The van der Waals surface area contributed by atoms with Gasteiger partial charge in [0.25, 0.3) is 0 Å². The van der Waals surface area contributed by atoms with E-state index in [1.54, 1.807) is 31.2 Å². The first kappa shape index (κ1) is 31.8. The van der Waals surface area contributed by atoms with Gasteiger partial charge in [-0.15, -0.1) is 11.5 Å². The molecule has 0 amide bonds. The molecule has 8 rings (SSSR count). The fourth-order valence-electron chi connectivity index (χ4n) is 9.00. The molecule has 4 nitrogen and oxygen atoms in total. The molecule has 2 aliphatic carbocycles. The Bertz CT molecular complexity index is 2770. The fraction of sp³-hybridized carbons (Fsp3) is 0.238. The zero-order valence-corrected chi connectivity index (χ0v) is 31.2. The molecule has 0 unspecified atom stereocenters. The predicted octanol–water partition coefficient (Wildman–Crippen LogP) is 7.51. The Balaban J connectivity index is 1.48. The van der Waals surface area contributed by atoms with Crippen molar-refractivity contribution in [3.05, 3.63) is 115 Å². The lowest BCUT2D eigenvalue weighted by atomic mass is 9.93. The van der Waals surface area contributed by atoms with Crippen molar-refractivity contribution in [1.29, 1.82) is 0 Å². The summed E-state index contributed by atoms with van der Waals surface area (Å²) in [5.74, 6) is 9.64. The Hall–Kier alpha value is -4.40. The summed E-state index contributed by atoms with van der Waals surface area (Å²) in [4.78, 5) is 1.20. The van der Waals surface area contributed by atoms with Crippen molar-refractivity contribution in [2.24, 2.45) is 0 Å². The van der Waals surface area contributed by atoms with Crippen molar-refractivity contribution >= 4 is 60.8 Å². The quantitative estimate of drug-likeness (QED) is 0.164. The minimum atomic E-state index is -3.81. The highest BCUT2D eigenvalue weighted by Gasteiger charge is 2.45. The van der Waals surface area contributed by atoms with E-state index in [2.05, 4.69) is 83.0 Å². The van der Waals surface area contributed by atoms with Crippen molar-refractivity contribution < 1.29 is 16.8 Å². The molecule has 7 heteroatoms. The first-order valence-corrected chi connectivity index (χ1v) is 22.0. The highest BCUT2D eigenvalue weighted by Crippen LogP contribution is 2.50. The lowest BCUT2D eigenvalue weighted by molar-refractivity contribution is 0.602. The van der Waals surface area contributed by atoms with Gasteiger partial charge in [0.1, 0.15) is 8.07 Å². The van der Waals surface area contributed by atoms with E-state index in [1.165, 1.54) is 0 Å². The van der Waals surface area contributed by atoms with Crippen LogP contribution in [0.4, 0.5) is 0 Å². The Morgan fingerprint density at radius 1 is 0.551 bits per heavy atom. The molecule has 4 aromatic carbocycles. The summed E-state index contributed by atoms with van der Waals surface area (Å²) in [7, 11) is -9.78. The molecule has 2 aliphatic heterocycles. The highest BCUT2D eigenvalue weighted by molar-refractivity contribution is 7.97. The van der Waals surface area contributed by atoms with Gasteiger partial charge in [-0.2, -0.15) is 0 Å². The average molecular weight is 697 g/mol. The van der Waals surface area contributed by atoms with Crippen LogP contribution in [-0.4, -0.2) is 24.9 Å². The number of allylic oxidation sites excluding steroid dienone is 2. The Morgan fingerprint density at radius 2 is 0.959 bits per heavy atom. The van der Waals surface area contributed by atoms with Crippen LogP contribution in [0.3, 0.4) is 0 Å². The molecule has 0 fully saturated rings. The fourth-order valence-corrected chi connectivity index (χ4v) is 17.9. The van der Waals surface area contributed by atoms with Gasteiger partial charge in [0.15, 0.2) is 0 Å². The maximum absolute atomic E-state index is 14.3. The number of fused-ring (bicyclic) bond motifs is 9. The summed E-state index contributed by atoms with van der Waals surface area (Å²) >= 11 is 0. The van der Waals surface area contributed by atoms with Gasteiger partial charge in [-0.3, -0.25) is 0 Å². The topological polar surface area (TPSA) is 68.3 Å². The van der Waals surface area contributed by atoms with Gasteiger partial charge >= 0.3 is 0 Å². The SMILES string of the molecule is CC#CC1=c2cc3cc4c(cc3cc2C2=C1S(=O)(=O)c1ccccc12)=C(C#C[Si](C(C)C)(C(C)C)C(C)C)C1=C4c2ccccc2S1(=O)=O. The largest absolute Gasteiger partial charge is 0.218 e. The second-order valence-corrected chi connectivity index (χ2v) is 23.6. The molecule has 0 aromatic heterocycles. The first-order valence-electron chi connectivity index (χ1n) is 16.8. The molecule has 0 spiro atoms. The molecule has 0 saturated heterocycles. The van der Waals surface area contributed by atoms with E-state index in [0.717, 1.165) is 32.3 Å².